The first kappa shape index (κ1) is 17.6. The molecule has 25 heavy (non-hydrogen) atoms. The predicted molar refractivity (Wildman–Crippen MR) is 103 cm³/mol. The molecule has 0 unspecified atom stereocenters. The van der Waals surface area contributed by atoms with E-state index in [9.17, 15) is 9.59 Å². The normalized spacial score (nSPS) is 16.2. The zero-order chi connectivity index (χ0) is 18.0. The van der Waals surface area contributed by atoms with Crippen molar-refractivity contribution in [3.63, 3.8) is 0 Å². The van der Waals surface area contributed by atoms with E-state index in [1.54, 1.807) is 31.4 Å². The second-order valence-electron chi connectivity index (χ2n) is 5.35. The van der Waals surface area contributed by atoms with Gasteiger partial charge in [0.1, 0.15) is 15.8 Å². The molecule has 130 valence electrons. The smallest absolute Gasteiger partial charge is 0.267 e. The van der Waals surface area contributed by atoms with Gasteiger partial charge in [0.15, 0.2) is 0 Å². The van der Waals surface area contributed by atoms with Crippen LogP contribution < -0.4 is 10.9 Å². The Balaban J connectivity index is 2.13. The van der Waals surface area contributed by atoms with E-state index in [-0.39, 0.29) is 23.6 Å². The zero-order valence-corrected chi connectivity index (χ0v) is 15.1. The van der Waals surface area contributed by atoms with E-state index >= 15 is 0 Å². The molecule has 2 aromatic rings. The molecule has 0 spiro atoms. The van der Waals surface area contributed by atoms with Gasteiger partial charge in [0.25, 0.3) is 11.5 Å². The molecule has 2 N–H and O–H groups in total. The van der Waals surface area contributed by atoms with E-state index in [1.165, 1.54) is 15.4 Å². The molecule has 0 atom stereocenters. The zero-order valence-electron chi connectivity index (χ0n) is 13.4. The molecule has 0 aromatic carbocycles. The minimum atomic E-state index is -0.279. The summed E-state index contributed by atoms with van der Waals surface area (Å²) in [4.78, 5) is 31.3. The second-order valence-corrected chi connectivity index (χ2v) is 7.03. The first-order valence-electron chi connectivity index (χ1n) is 7.60. The number of thioether (sulfide) groups is 1. The van der Waals surface area contributed by atoms with Crippen molar-refractivity contribution in [3.8, 4) is 0 Å². The lowest BCUT2D eigenvalue weighted by atomic mass is 10.2. The molecule has 0 radical (unpaired) electrons. The summed E-state index contributed by atoms with van der Waals surface area (Å²) in [5.41, 5.74) is 0.508. The van der Waals surface area contributed by atoms with Gasteiger partial charge < -0.3 is 10.4 Å². The topological polar surface area (TPSA) is 86.9 Å². The fourth-order valence-electron chi connectivity index (χ4n) is 2.33. The maximum absolute atomic E-state index is 12.9. The largest absolute Gasteiger partial charge is 0.396 e. The van der Waals surface area contributed by atoms with Crippen molar-refractivity contribution in [2.45, 2.75) is 6.42 Å². The highest BCUT2D eigenvalue weighted by atomic mass is 32.2. The molecule has 3 heterocycles. The molecule has 1 aliphatic rings. The third kappa shape index (κ3) is 3.44. The molecule has 1 aliphatic heterocycles. The Morgan fingerprint density at radius 3 is 2.88 bits per heavy atom. The third-order valence-electron chi connectivity index (χ3n) is 3.66. The number of hydrogen-bond acceptors (Lipinski definition) is 7. The van der Waals surface area contributed by atoms with Crippen molar-refractivity contribution in [1.82, 2.24) is 14.3 Å². The predicted octanol–water partition coefficient (Wildman–Crippen LogP) is 1.32. The monoisotopic (exact) mass is 376 g/mol. The number of amides is 1. The van der Waals surface area contributed by atoms with Crippen LogP contribution in [-0.2, 0) is 4.79 Å². The number of rotatable bonds is 5. The Hall–Kier alpha value is -2.23. The minimum Gasteiger partial charge on any atom is -0.396 e. The van der Waals surface area contributed by atoms with Gasteiger partial charge in [0.2, 0.25) is 0 Å². The summed E-state index contributed by atoms with van der Waals surface area (Å²) < 4.78 is 1.87. The fraction of sp³-hybridized carbons (Fsp3) is 0.250. The number of aliphatic hydroxyl groups is 1. The summed E-state index contributed by atoms with van der Waals surface area (Å²) in [6.45, 7) is 0.491. The van der Waals surface area contributed by atoms with Crippen LogP contribution in [-0.4, -0.2) is 49.8 Å². The molecule has 2 aromatic heterocycles. The minimum absolute atomic E-state index is 0.0311. The molecule has 1 amide bonds. The molecule has 0 saturated carbocycles. The first-order valence-corrected chi connectivity index (χ1v) is 8.83. The Morgan fingerprint density at radius 1 is 1.40 bits per heavy atom. The van der Waals surface area contributed by atoms with Crippen LogP contribution in [0.3, 0.4) is 0 Å². The lowest BCUT2D eigenvalue weighted by Crippen LogP contribution is -2.23. The lowest BCUT2D eigenvalue weighted by Gasteiger charge is -2.10. The molecular weight excluding hydrogens is 360 g/mol. The number of aliphatic hydroxyl groups excluding tert-OH is 1. The van der Waals surface area contributed by atoms with E-state index < -0.39 is 0 Å². The Kier molecular flexibility index (Phi) is 5.16. The van der Waals surface area contributed by atoms with Gasteiger partial charge in [-0.2, -0.15) is 0 Å². The number of nitrogens with one attached hydrogen (secondary N) is 1. The Labute approximate surface area is 153 Å². The van der Waals surface area contributed by atoms with Gasteiger partial charge in [-0.3, -0.25) is 18.9 Å². The average molecular weight is 376 g/mol. The van der Waals surface area contributed by atoms with Crippen molar-refractivity contribution >= 4 is 51.7 Å². The SMILES string of the molecule is CN1C(=O)/C(=C/c2c(NCCCO)nc3ccccn3c2=O)SC1=S. The van der Waals surface area contributed by atoms with Gasteiger partial charge >= 0.3 is 0 Å². The van der Waals surface area contributed by atoms with Crippen LogP contribution in [0.2, 0.25) is 0 Å². The summed E-state index contributed by atoms with van der Waals surface area (Å²) in [7, 11) is 1.60. The summed E-state index contributed by atoms with van der Waals surface area (Å²) in [5.74, 6) is 0.139. The van der Waals surface area contributed by atoms with E-state index in [0.29, 0.717) is 33.7 Å². The number of fused-ring (bicyclic) bond motifs is 1. The first-order chi connectivity index (χ1) is 12.0. The van der Waals surface area contributed by atoms with Gasteiger partial charge in [-0.1, -0.05) is 30.0 Å². The van der Waals surface area contributed by atoms with Crippen LogP contribution in [0.15, 0.2) is 34.1 Å². The van der Waals surface area contributed by atoms with Gasteiger partial charge in [-0.05, 0) is 24.6 Å². The van der Waals surface area contributed by atoms with Crippen molar-refractivity contribution in [3.05, 3.63) is 45.2 Å². The third-order valence-corrected chi connectivity index (χ3v) is 5.14. The van der Waals surface area contributed by atoms with Crippen LogP contribution in [0, 0.1) is 0 Å². The molecule has 0 bridgehead atoms. The Morgan fingerprint density at radius 2 is 2.20 bits per heavy atom. The van der Waals surface area contributed by atoms with Gasteiger partial charge in [0.05, 0.1) is 10.5 Å². The number of pyridine rings is 1. The number of hydrogen-bond donors (Lipinski definition) is 2. The maximum atomic E-state index is 12.9. The molecule has 1 fully saturated rings. The summed E-state index contributed by atoms with van der Waals surface area (Å²) >= 11 is 6.28. The van der Waals surface area contributed by atoms with Crippen LogP contribution in [0.25, 0.3) is 11.7 Å². The highest BCUT2D eigenvalue weighted by Gasteiger charge is 2.29. The van der Waals surface area contributed by atoms with Crippen LogP contribution in [0.1, 0.15) is 12.0 Å². The number of anilines is 1. The summed E-state index contributed by atoms with van der Waals surface area (Å²) in [6, 6.07) is 5.26. The number of carbonyl (C=O) groups is 1. The highest BCUT2D eigenvalue weighted by Crippen LogP contribution is 2.31. The van der Waals surface area contributed by atoms with E-state index in [0.717, 1.165) is 11.8 Å². The van der Waals surface area contributed by atoms with Crippen LogP contribution in [0.5, 0.6) is 0 Å². The van der Waals surface area contributed by atoms with E-state index in [1.807, 2.05) is 0 Å². The molecule has 1 saturated heterocycles. The second kappa shape index (κ2) is 7.34. The van der Waals surface area contributed by atoms with E-state index in [2.05, 4.69) is 10.3 Å². The van der Waals surface area contributed by atoms with Crippen LogP contribution in [0.4, 0.5) is 5.82 Å². The fourth-order valence-corrected chi connectivity index (χ4v) is 3.49. The van der Waals surface area contributed by atoms with Gasteiger partial charge in [-0.15, -0.1) is 0 Å². The van der Waals surface area contributed by atoms with E-state index in [4.69, 9.17) is 17.3 Å². The van der Waals surface area contributed by atoms with Crippen molar-refractivity contribution in [1.29, 1.82) is 0 Å². The number of likely N-dealkylation sites (N-methyl/N-ethyl adjacent to an activating group) is 1. The van der Waals surface area contributed by atoms with Crippen molar-refractivity contribution < 1.29 is 9.90 Å². The summed E-state index contributed by atoms with van der Waals surface area (Å²) in [6.07, 6.45) is 3.68. The van der Waals surface area contributed by atoms with Gasteiger partial charge in [-0.25, -0.2) is 4.98 Å². The molecule has 7 nitrogen and oxygen atoms in total. The lowest BCUT2D eigenvalue weighted by molar-refractivity contribution is -0.121. The quantitative estimate of drug-likeness (QED) is 0.462. The Bertz CT molecular complexity index is 939. The standard InChI is InChI=1S/C16H16N4O3S2/c1-19-15(23)11(25-16(19)24)9-10-13(17-6-4-8-21)18-12-5-2-3-7-20(12)14(10)22/h2-3,5,7,9,17,21H,4,6,8H2,1H3/b11-9-. The molecule has 0 aliphatic carbocycles. The molecule has 9 heteroatoms. The number of carbonyl (C=O) groups excluding carboxylic acids is 1. The molecule has 3 rings (SSSR count). The average Bonchev–Trinajstić information content (AvgIpc) is 2.85. The van der Waals surface area contributed by atoms with Crippen molar-refractivity contribution in [2.24, 2.45) is 0 Å². The number of aromatic nitrogens is 2. The highest BCUT2D eigenvalue weighted by molar-refractivity contribution is 8.26. The number of thiocarbonyl (C=S) groups is 1. The summed E-state index contributed by atoms with van der Waals surface area (Å²) in [5, 5.41) is 12.0. The van der Waals surface area contributed by atoms with Gasteiger partial charge in [0, 0.05) is 26.4 Å². The number of nitrogens with zero attached hydrogens (tertiary/aromatic N) is 3. The maximum Gasteiger partial charge on any atom is 0.267 e. The van der Waals surface area contributed by atoms with Crippen molar-refractivity contribution in [2.75, 3.05) is 25.5 Å². The molecular formula is C16H16N4O3S2. The van der Waals surface area contributed by atoms with Crippen LogP contribution >= 0.6 is 24.0 Å².